The average Bonchev–Trinajstić information content (AvgIpc) is 3.43. The summed E-state index contributed by atoms with van der Waals surface area (Å²) in [4.78, 5) is 0. The van der Waals surface area contributed by atoms with E-state index < -0.39 is 10.0 Å². The molecule has 2 aromatic carbocycles. The van der Waals surface area contributed by atoms with Crippen LogP contribution in [0.25, 0.3) is 0 Å². The van der Waals surface area contributed by atoms with Gasteiger partial charge in [0.2, 0.25) is 10.0 Å². The predicted octanol–water partition coefficient (Wildman–Crippen LogP) is 4.74. The van der Waals surface area contributed by atoms with Crippen molar-refractivity contribution in [3.63, 3.8) is 0 Å². The smallest absolute Gasteiger partial charge is 0.229 e. The zero-order chi connectivity index (χ0) is 20.4. The molecule has 0 aliphatic heterocycles. The van der Waals surface area contributed by atoms with Gasteiger partial charge in [0.15, 0.2) is 0 Å². The van der Waals surface area contributed by atoms with Crippen molar-refractivity contribution in [1.29, 1.82) is 0 Å². The first-order chi connectivity index (χ1) is 13.1. The van der Waals surface area contributed by atoms with Crippen molar-refractivity contribution in [2.45, 2.75) is 52.0 Å². The third kappa shape index (κ3) is 6.13. The second-order valence-electron chi connectivity index (χ2n) is 8.63. The van der Waals surface area contributed by atoms with Gasteiger partial charge in [-0.15, -0.1) is 0 Å². The number of anilines is 1. The van der Waals surface area contributed by atoms with Gasteiger partial charge in [-0.05, 0) is 47.1 Å². The van der Waals surface area contributed by atoms with Crippen LogP contribution in [0.2, 0.25) is 0 Å². The Morgan fingerprint density at radius 3 is 2.00 bits per heavy atom. The van der Waals surface area contributed by atoms with Gasteiger partial charge >= 0.3 is 0 Å². The van der Waals surface area contributed by atoms with Gasteiger partial charge in [0, 0.05) is 24.4 Å². The Labute approximate surface area is 169 Å². The second-order valence-corrected chi connectivity index (χ2v) is 10.4. The fraction of sp³-hybridized carbons (Fsp3) is 0.391. The number of hydrogen-bond donors (Lipinski definition) is 2. The fourth-order valence-corrected chi connectivity index (χ4v) is 3.68. The van der Waals surface area contributed by atoms with Gasteiger partial charge in [-0.25, -0.2) is 8.42 Å². The minimum atomic E-state index is -3.24. The molecule has 0 amide bonds. The molecule has 150 valence electrons. The summed E-state index contributed by atoms with van der Waals surface area (Å²) in [6.45, 7) is 7.50. The molecule has 0 heterocycles. The third-order valence-corrected chi connectivity index (χ3v) is 5.50. The molecule has 0 aromatic heterocycles. The van der Waals surface area contributed by atoms with Crippen molar-refractivity contribution < 1.29 is 8.42 Å². The van der Waals surface area contributed by atoms with Gasteiger partial charge in [0.05, 0.1) is 6.26 Å². The summed E-state index contributed by atoms with van der Waals surface area (Å²) in [5.41, 5.74) is 7.35. The van der Waals surface area contributed by atoms with Crippen LogP contribution in [-0.4, -0.2) is 14.7 Å². The zero-order valence-corrected chi connectivity index (χ0v) is 18.0. The maximum atomic E-state index is 11.3. The van der Waals surface area contributed by atoms with E-state index in [0.717, 1.165) is 19.2 Å². The van der Waals surface area contributed by atoms with Crippen LogP contribution in [0.3, 0.4) is 0 Å². The van der Waals surface area contributed by atoms with E-state index in [-0.39, 0.29) is 5.41 Å². The molecular weight excluding hydrogens is 368 g/mol. The first-order valence-corrected chi connectivity index (χ1v) is 11.6. The highest BCUT2D eigenvalue weighted by Crippen LogP contribution is 2.32. The van der Waals surface area contributed by atoms with Gasteiger partial charge in [-0.1, -0.05) is 62.7 Å². The standard InChI is InChI=1S/C23H30N2O2S/c1-23(2,3)20-11-5-18(6-12-20)16-24-22(19-9-10-19)15-17-7-13-21(14-8-17)25-28(4,26)27/h5-8,11-14,24-25H,9-10,15-16H2,1-4H3. The fourth-order valence-electron chi connectivity index (χ4n) is 3.12. The number of rotatable bonds is 7. The molecule has 1 fully saturated rings. The van der Waals surface area contributed by atoms with Gasteiger partial charge in [0.25, 0.3) is 0 Å². The van der Waals surface area contributed by atoms with E-state index >= 15 is 0 Å². The molecule has 0 radical (unpaired) electrons. The Morgan fingerprint density at radius 1 is 0.929 bits per heavy atom. The van der Waals surface area contributed by atoms with E-state index in [4.69, 9.17) is 0 Å². The van der Waals surface area contributed by atoms with Crippen LogP contribution in [0.1, 0.15) is 50.3 Å². The van der Waals surface area contributed by atoms with E-state index in [1.807, 2.05) is 24.3 Å². The average molecular weight is 399 g/mol. The lowest BCUT2D eigenvalue weighted by molar-refractivity contribution is 0.589. The van der Waals surface area contributed by atoms with E-state index in [0.29, 0.717) is 5.69 Å². The van der Waals surface area contributed by atoms with Crippen molar-refractivity contribution in [2.75, 3.05) is 11.0 Å². The Hall–Kier alpha value is -2.27. The molecule has 1 aliphatic rings. The summed E-state index contributed by atoms with van der Waals surface area (Å²) in [6, 6.07) is 16.4. The van der Waals surface area contributed by atoms with E-state index in [2.05, 4.69) is 55.1 Å². The molecule has 0 spiro atoms. The SMILES string of the molecule is CC(C)(C)c1ccc(CNC(Cc2ccc(NS(C)(=O)=O)cc2)=C2CC2)cc1. The summed E-state index contributed by atoms with van der Waals surface area (Å²) in [7, 11) is -3.24. The molecule has 3 rings (SSSR count). The van der Waals surface area contributed by atoms with Crippen molar-refractivity contribution in [1.82, 2.24) is 5.32 Å². The molecule has 1 saturated carbocycles. The van der Waals surface area contributed by atoms with Crippen molar-refractivity contribution in [2.24, 2.45) is 0 Å². The maximum Gasteiger partial charge on any atom is 0.229 e. The van der Waals surface area contributed by atoms with Crippen LogP contribution >= 0.6 is 0 Å². The van der Waals surface area contributed by atoms with Crippen LogP contribution in [0.15, 0.2) is 59.8 Å². The molecule has 4 nitrogen and oxygen atoms in total. The monoisotopic (exact) mass is 398 g/mol. The summed E-state index contributed by atoms with van der Waals surface area (Å²) in [5, 5.41) is 3.63. The molecule has 1 aliphatic carbocycles. The van der Waals surface area contributed by atoms with E-state index in [1.165, 1.54) is 40.8 Å². The molecule has 28 heavy (non-hydrogen) atoms. The van der Waals surface area contributed by atoms with Crippen molar-refractivity contribution >= 4 is 15.7 Å². The molecule has 5 heteroatoms. The van der Waals surface area contributed by atoms with Crippen LogP contribution in [-0.2, 0) is 28.4 Å². The highest BCUT2D eigenvalue weighted by atomic mass is 32.2. The summed E-state index contributed by atoms with van der Waals surface area (Å²) in [5.74, 6) is 0. The first kappa shape index (κ1) is 20.5. The topological polar surface area (TPSA) is 58.2 Å². The molecule has 0 unspecified atom stereocenters. The van der Waals surface area contributed by atoms with E-state index in [9.17, 15) is 8.42 Å². The lowest BCUT2D eigenvalue weighted by Crippen LogP contribution is -2.16. The van der Waals surface area contributed by atoms with Gasteiger partial charge in [0.1, 0.15) is 0 Å². The van der Waals surface area contributed by atoms with Crippen molar-refractivity contribution in [3.8, 4) is 0 Å². The number of allylic oxidation sites excluding steroid dienone is 2. The summed E-state index contributed by atoms with van der Waals surface area (Å²) >= 11 is 0. The lowest BCUT2D eigenvalue weighted by atomic mass is 9.87. The highest BCUT2D eigenvalue weighted by molar-refractivity contribution is 7.92. The van der Waals surface area contributed by atoms with Gasteiger partial charge in [-0.3, -0.25) is 4.72 Å². The van der Waals surface area contributed by atoms with Crippen LogP contribution in [0, 0.1) is 0 Å². The van der Waals surface area contributed by atoms with Gasteiger partial charge in [-0.2, -0.15) is 0 Å². The predicted molar refractivity (Wildman–Crippen MR) is 117 cm³/mol. The highest BCUT2D eigenvalue weighted by Gasteiger charge is 2.18. The number of sulfonamides is 1. The third-order valence-electron chi connectivity index (χ3n) is 4.89. The number of nitrogens with one attached hydrogen (secondary N) is 2. The van der Waals surface area contributed by atoms with Gasteiger partial charge < -0.3 is 5.32 Å². The molecule has 0 atom stereocenters. The summed E-state index contributed by atoms with van der Waals surface area (Å²) < 4.78 is 25.2. The Morgan fingerprint density at radius 2 is 1.50 bits per heavy atom. The largest absolute Gasteiger partial charge is 0.384 e. The Bertz CT molecular complexity index is 945. The molecule has 2 aromatic rings. The zero-order valence-electron chi connectivity index (χ0n) is 17.2. The maximum absolute atomic E-state index is 11.3. The Balaban J connectivity index is 1.62. The van der Waals surface area contributed by atoms with Crippen molar-refractivity contribution in [3.05, 3.63) is 76.5 Å². The summed E-state index contributed by atoms with van der Waals surface area (Å²) in [6.07, 6.45) is 4.33. The number of hydrogen-bond acceptors (Lipinski definition) is 3. The molecule has 0 bridgehead atoms. The quantitative estimate of drug-likeness (QED) is 0.708. The van der Waals surface area contributed by atoms with Crippen LogP contribution in [0.5, 0.6) is 0 Å². The lowest BCUT2D eigenvalue weighted by Gasteiger charge is -2.19. The number of benzene rings is 2. The van der Waals surface area contributed by atoms with Crippen LogP contribution < -0.4 is 10.0 Å². The van der Waals surface area contributed by atoms with E-state index in [1.54, 1.807) is 0 Å². The normalized spacial score (nSPS) is 13.9. The molecular formula is C23H30N2O2S. The Kier molecular flexibility index (Phi) is 5.84. The molecule has 2 N–H and O–H groups in total. The first-order valence-electron chi connectivity index (χ1n) is 9.71. The second kappa shape index (κ2) is 8.00. The molecule has 0 saturated heterocycles. The van der Waals surface area contributed by atoms with Crippen LogP contribution in [0.4, 0.5) is 5.69 Å². The minimum Gasteiger partial charge on any atom is -0.384 e. The minimum absolute atomic E-state index is 0.172.